The summed E-state index contributed by atoms with van der Waals surface area (Å²) in [6.45, 7) is 2.03. The fraction of sp³-hybridized carbons (Fsp3) is 0.500. The summed E-state index contributed by atoms with van der Waals surface area (Å²) in [4.78, 5) is 16.8. The number of rotatable bonds is 6. The van der Waals surface area contributed by atoms with E-state index in [0.29, 0.717) is 19.0 Å². The van der Waals surface area contributed by atoms with Crippen molar-refractivity contribution < 1.29 is 9.53 Å². The van der Waals surface area contributed by atoms with E-state index in [4.69, 9.17) is 4.74 Å². The summed E-state index contributed by atoms with van der Waals surface area (Å²) in [5, 5.41) is 5.99. The number of amides is 2. The van der Waals surface area contributed by atoms with Gasteiger partial charge in [0.05, 0.1) is 7.11 Å². The minimum atomic E-state index is -0.0806. The summed E-state index contributed by atoms with van der Waals surface area (Å²) < 4.78 is 4.98. The topological polar surface area (TPSA) is 66.5 Å². The smallest absolute Gasteiger partial charge is 0.316 e. The predicted molar refractivity (Wildman–Crippen MR) is 69.6 cm³/mol. The molecule has 0 aliphatic carbocycles. The maximum Gasteiger partial charge on any atom is 0.316 e. The van der Waals surface area contributed by atoms with Crippen LogP contribution in [0.3, 0.4) is 0 Å². The van der Waals surface area contributed by atoms with Gasteiger partial charge in [-0.15, -0.1) is 0 Å². The van der Waals surface area contributed by atoms with Gasteiger partial charge in [0.1, 0.15) is 0 Å². The fourth-order valence-corrected chi connectivity index (χ4v) is 1.28. The summed E-state index contributed by atoms with van der Waals surface area (Å²) in [5.74, 6) is 0.608. The molecule has 0 spiro atoms. The highest BCUT2D eigenvalue weighted by Gasteiger charge is 2.00. The Kier molecular flexibility index (Phi) is 5.93. The first-order valence-electron chi connectivity index (χ1n) is 5.78. The van der Waals surface area contributed by atoms with E-state index in [1.165, 1.54) is 4.90 Å². The largest absolute Gasteiger partial charge is 0.481 e. The van der Waals surface area contributed by atoms with Gasteiger partial charge in [0.25, 0.3) is 0 Å². The second kappa shape index (κ2) is 7.50. The van der Waals surface area contributed by atoms with E-state index < -0.39 is 0 Å². The van der Waals surface area contributed by atoms with E-state index in [1.54, 1.807) is 27.4 Å². The number of aromatic nitrogens is 1. The lowest BCUT2D eigenvalue weighted by atomic mass is 10.3. The van der Waals surface area contributed by atoms with Gasteiger partial charge in [-0.2, -0.15) is 0 Å². The molecule has 1 aromatic heterocycles. The van der Waals surface area contributed by atoms with Crippen LogP contribution in [0.4, 0.5) is 4.79 Å². The van der Waals surface area contributed by atoms with Gasteiger partial charge in [0, 0.05) is 46.0 Å². The lowest BCUT2D eigenvalue weighted by Crippen LogP contribution is -2.38. The first kappa shape index (κ1) is 14.2. The van der Waals surface area contributed by atoms with Crippen LogP contribution in [0.1, 0.15) is 5.56 Å². The van der Waals surface area contributed by atoms with Gasteiger partial charge >= 0.3 is 6.03 Å². The number of nitrogens with one attached hydrogen (secondary N) is 2. The Morgan fingerprint density at radius 3 is 2.72 bits per heavy atom. The quantitative estimate of drug-likeness (QED) is 0.721. The number of carbonyl (C=O) groups excluding carboxylic acids is 1. The Bertz CT molecular complexity index is 365. The number of hydrogen-bond donors (Lipinski definition) is 2. The van der Waals surface area contributed by atoms with Crippen LogP contribution in [-0.4, -0.2) is 50.2 Å². The molecule has 0 aromatic carbocycles. The van der Waals surface area contributed by atoms with Crippen LogP contribution in [-0.2, 0) is 6.54 Å². The Morgan fingerprint density at radius 2 is 2.17 bits per heavy atom. The van der Waals surface area contributed by atoms with Crippen LogP contribution in [0.25, 0.3) is 0 Å². The Hall–Kier alpha value is -1.82. The molecule has 0 saturated heterocycles. The molecular formula is C12H20N4O2. The van der Waals surface area contributed by atoms with Gasteiger partial charge < -0.3 is 20.3 Å². The summed E-state index contributed by atoms with van der Waals surface area (Å²) in [6.07, 6.45) is 1.77. The van der Waals surface area contributed by atoms with Crippen LogP contribution < -0.4 is 15.4 Å². The number of urea groups is 1. The summed E-state index contributed by atoms with van der Waals surface area (Å²) in [5.41, 5.74) is 1.08. The molecule has 6 nitrogen and oxygen atoms in total. The van der Waals surface area contributed by atoms with Gasteiger partial charge in [-0.05, 0) is 5.56 Å². The number of methoxy groups -OCH3 is 1. The first-order chi connectivity index (χ1) is 8.63. The van der Waals surface area contributed by atoms with Crippen molar-refractivity contribution in [3.05, 3.63) is 23.9 Å². The number of pyridine rings is 1. The lowest BCUT2D eigenvalue weighted by molar-refractivity contribution is 0.217. The van der Waals surface area contributed by atoms with Crippen molar-refractivity contribution in [2.45, 2.75) is 6.54 Å². The van der Waals surface area contributed by atoms with Gasteiger partial charge in [-0.25, -0.2) is 9.78 Å². The third-order valence-electron chi connectivity index (χ3n) is 2.32. The van der Waals surface area contributed by atoms with Gasteiger partial charge in [-0.1, -0.05) is 6.07 Å². The molecule has 0 radical (unpaired) electrons. The minimum Gasteiger partial charge on any atom is -0.481 e. The molecular weight excluding hydrogens is 232 g/mol. The highest BCUT2D eigenvalue weighted by atomic mass is 16.5. The van der Waals surface area contributed by atoms with E-state index in [0.717, 1.165) is 12.1 Å². The van der Waals surface area contributed by atoms with E-state index in [-0.39, 0.29) is 6.03 Å². The van der Waals surface area contributed by atoms with E-state index >= 15 is 0 Å². The predicted octanol–water partition coefficient (Wildman–Crippen LogP) is 0.451. The van der Waals surface area contributed by atoms with Crippen LogP contribution >= 0.6 is 0 Å². The Balaban J connectivity index is 2.15. The van der Waals surface area contributed by atoms with Crippen LogP contribution in [0.2, 0.25) is 0 Å². The molecule has 0 bridgehead atoms. The lowest BCUT2D eigenvalue weighted by Gasteiger charge is -2.12. The molecule has 0 aliphatic heterocycles. The average molecular weight is 252 g/mol. The second-order valence-corrected chi connectivity index (χ2v) is 4.01. The zero-order valence-corrected chi connectivity index (χ0v) is 11.1. The monoisotopic (exact) mass is 252 g/mol. The van der Waals surface area contributed by atoms with Crippen LogP contribution in [0, 0.1) is 0 Å². The summed E-state index contributed by atoms with van der Waals surface area (Å²) >= 11 is 0. The molecule has 1 aromatic rings. The zero-order valence-electron chi connectivity index (χ0n) is 11.1. The van der Waals surface area contributed by atoms with Gasteiger partial charge in [0.2, 0.25) is 5.88 Å². The van der Waals surface area contributed by atoms with Crippen molar-refractivity contribution in [1.29, 1.82) is 0 Å². The van der Waals surface area contributed by atoms with Crippen molar-refractivity contribution in [2.75, 3.05) is 34.3 Å². The molecule has 0 fully saturated rings. The molecule has 18 heavy (non-hydrogen) atoms. The van der Waals surface area contributed by atoms with Gasteiger partial charge in [0.15, 0.2) is 0 Å². The standard InChI is InChI=1S/C12H20N4O2/c1-16(2)12(17)14-7-6-13-8-10-4-5-11(18-3)15-9-10/h4-5,9,13H,6-8H2,1-3H3,(H,14,17). The van der Waals surface area contributed by atoms with Crippen molar-refractivity contribution in [1.82, 2.24) is 20.5 Å². The minimum absolute atomic E-state index is 0.0806. The molecule has 2 amide bonds. The molecule has 0 saturated carbocycles. The fourth-order valence-electron chi connectivity index (χ4n) is 1.28. The Morgan fingerprint density at radius 1 is 1.39 bits per heavy atom. The number of hydrogen-bond acceptors (Lipinski definition) is 4. The van der Waals surface area contributed by atoms with Gasteiger partial charge in [-0.3, -0.25) is 0 Å². The molecule has 0 unspecified atom stereocenters. The maximum atomic E-state index is 11.2. The van der Waals surface area contributed by atoms with Crippen LogP contribution in [0.15, 0.2) is 18.3 Å². The average Bonchev–Trinajstić information content (AvgIpc) is 2.38. The van der Waals surface area contributed by atoms with E-state index in [9.17, 15) is 4.79 Å². The Labute approximate surface area is 107 Å². The highest BCUT2D eigenvalue weighted by molar-refractivity contribution is 5.73. The zero-order chi connectivity index (χ0) is 13.4. The normalized spacial score (nSPS) is 9.94. The molecule has 1 heterocycles. The third-order valence-corrected chi connectivity index (χ3v) is 2.32. The van der Waals surface area contributed by atoms with Crippen molar-refractivity contribution in [2.24, 2.45) is 0 Å². The molecule has 1 rings (SSSR count). The number of nitrogens with zero attached hydrogens (tertiary/aromatic N) is 2. The molecule has 2 N–H and O–H groups in total. The van der Waals surface area contributed by atoms with Crippen molar-refractivity contribution in [3.63, 3.8) is 0 Å². The molecule has 0 atom stereocenters. The van der Waals surface area contributed by atoms with E-state index in [1.807, 2.05) is 12.1 Å². The second-order valence-electron chi connectivity index (χ2n) is 4.01. The SMILES string of the molecule is COc1ccc(CNCCNC(=O)N(C)C)cn1. The van der Waals surface area contributed by atoms with Crippen LogP contribution in [0.5, 0.6) is 5.88 Å². The molecule has 6 heteroatoms. The number of carbonyl (C=O) groups is 1. The van der Waals surface area contributed by atoms with Crippen molar-refractivity contribution in [3.8, 4) is 5.88 Å². The highest BCUT2D eigenvalue weighted by Crippen LogP contribution is 2.05. The van der Waals surface area contributed by atoms with Crippen molar-refractivity contribution >= 4 is 6.03 Å². The third kappa shape index (κ3) is 5.01. The molecule has 100 valence electrons. The molecule has 0 aliphatic rings. The summed E-state index contributed by atoms with van der Waals surface area (Å²) in [6, 6.07) is 3.70. The van der Waals surface area contributed by atoms with E-state index in [2.05, 4.69) is 15.6 Å². The first-order valence-corrected chi connectivity index (χ1v) is 5.78. The summed E-state index contributed by atoms with van der Waals surface area (Å²) in [7, 11) is 5.02. The maximum absolute atomic E-state index is 11.2. The number of ether oxygens (including phenoxy) is 1.